The van der Waals surface area contributed by atoms with Crippen LogP contribution in [0.5, 0.6) is 0 Å². The van der Waals surface area contributed by atoms with Gasteiger partial charge in [-0.1, -0.05) is 36.4 Å². The van der Waals surface area contributed by atoms with E-state index < -0.39 is 0 Å². The van der Waals surface area contributed by atoms with Crippen LogP contribution in [0.4, 0.5) is 0 Å². The quantitative estimate of drug-likeness (QED) is 0.669. The predicted octanol–water partition coefficient (Wildman–Crippen LogP) is 2.24. The van der Waals surface area contributed by atoms with Crippen molar-refractivity contribution in [3.63, 3.8) is 0 Å². The van der Waals surface area contributed by atoms with Crippen LogP contribution < -0.4 is 5.32 Å². The molecule has 2 amide bonds. The van der Waals surface area contributed by atoms with Crippen molar-refractivity contribution in [2.24, 2.45) is 5.92 Å². The summed E-state index contributed by atoms with van der Waals surface area (Å²) in [6.07, 6.45) is 6.53. The number of hydrogen-bond donors (Lipinski definition) is 1. The summed E-state index contributed by atoms with van der Waals surface area (Å²) in [5, 5.41) is 2.82. The molecule has 4 nitrogen and oxygen atoms in total. The van der Waals surface area contributed by atoms with Crippen LogP contribution >= 0.6 is 0 Å². The van der Waals surface area contributed by atoms with E-state index in [0.717, 1.165) is 5.56 Å². The van der Waals surface area contributed by atoms with Gasteiger partial charge in [0.25, 0.3) is 0 Å². The monoisotopic (exact) mass is 298 g/mol. The maximum absolute atomic E-state index is 12.1. The van der Waals surface area contributed by atoms with Crippen LogP contribution in [0.25, 0.3) is 6.08 Å². The molecule has 0 saturated carbocycles. The molecule has 0 aliphatic carbocycles. The number of carbonyl (C=O) groups excluding carboxylic acids is 2. The first-order chi connectivity index (χ1) is 10.7. The molecule has 1 aromatic rings. The highest BCUT2D eigenvalue weighted by Gasteiger charge is 2.26. The Morgan fingerprint density at radius 3 is 2.55 bits per heavy atom. The third-order valence-electron chi connectivity index (χ3n) is 3.82. The second-order valence-corrected chi connectivity index (χ2v) is 5.38. The van der Waals surface area contributed by atoms with E-state index in [2.05, 4.69) is 11.9 Å². The highest BCUT2D eigenvalue weighted by Crippen LogP contribution is 2.17. The zero-order valence-electron chi connectivity index (χ0n) is 12.7. The Hall–Kier alpha value is -2.36. The predicted molar refractivity (Wildman–Crippen MR) is 88.0 cm³/mol. The maximum Gasteiger partial charge on any atom is 0.246 e. The van der Waals surface area contributed by atoms with Crippen molar-refractivity contribution in [2.45, 2.75) is 12.8 Å². The zero-order valence-corrected chi connectivity index (χ0v) is 12.7. The number of nitrogens with one attached hydrogen (secondary N) is 1. The molecular formula is C18H22N2O2. The standard InChI is InChI=1S/C18H22N2O2/c1-2-12-19-18(22)16-10-13-20(14-11-16)17(21)9-8-15-6-4-3-5-7-15/h2-9,16H,1,10-14H2,(H,19,22)/b9-8-. The molecule has 4 heteroatoms. The minimum Gasteiger partial charge on any atom is -0.352 e. The summed E-state index contributed by atoms with van der Waals surface area (Å²) in [5.74, 6) is 0.0720. The van der Waals surface area contributed by atoms with E-state index >= 15 is 0 Å². The maximum atomic E-state index is 12.1. The molecule has 1 N–H and O–H groups in total. The Morgan fingerprint density at radius 1 is 1.23 bits per heavy atom. The highest BCUT2D eigenvalue weighted by atomic mass is 16.2. The lowest BCUT2D eigenvalue weighted by atomic mass is 9.96. The Kier molecular flexibility index (Phi) is 5.95. The number of nitrogens with zero attached hydrogens (tertiary/aromatic N) is 1. The summed E-state index contributed by atoms with van der Waals surface area (Å²) in [5.41, 5.74) is 1.01. The van der Waals surface area contributed by atoms with Gasteiger partial charge in [0.15, 0.2) is 0 Å². The molecule has 1 aliphatic rings. The molecule has 0 aromatic heterocycles. The molecule has 0 radical (unpaired) electrons. The minimum absolute atomic E-state index is 0.00195. The second kappa shape index (κ2) is 8.17. The summed E-state index contributed by atoms with van der Waals surface area (Å²) in [7, 11) is 0. The van der Waals surface area contributed by atoms with Gasteiger partial charge in [0.1, 0.15) is 0 Å². The van der Waals surface area contributed by atoms with Crippen LogP contribution in [-0.4, -0.2) is 36.3 Å². The molecule has 1 saturated heterocycles. The van der Waals surface area contributed by atoms with Crippen LogP contribution in [-0.2, 0) is 9.59 Å². The largest absolute Gasteiger partial charge is 0.352 e. The Balaban J connectivity index is 1.81. The average Bonchev–Trinajstić information content (AvgIpc) is 2.58. The first kappa shape index (κ1) is 16.0. The number of likely N-dealkylation sites (tertiary alicyclic amines) is 1. The van der Waals surface area contributed by atoms with Crippen molar-refractivity contribution in [1.82, 2.24) is 10.2 Å². The Labute approximate surface area is 131 Å². The van der Waals surface area contributed by atoms with Gasteiger partial charge < -0.3 is 10.2 Å². The number of benzene rings is 1. The molecular weight excluding hydrogens is 276 g/mol. The third-order valence-corrected chi connectivity index (χ3v) is 3.82. The van der Waals surface area contributed by atoms with Crippen molar-refractivity contribution in [3.8, 4) is 0 Å². The fraction of sp³-hybridized carbons (Fsp3) is 0.333. The van der Waals surface area contributed by atoms with Crippen LogP contribution in [0.15, 0.2) is 49.1 Å². The lowest BCUT2D eigenvalue weighted by Gasteiger charge is -2.30. The summed E-state index contributed by atoms with van der Waals surface area (Å²) >= 11 is 0. The molecule has 2 rings (SSSR count). The van der Waals surface area contributed by atoms with Gasteiger partial charge in [-0.3, -0.25) is 9.59 Å². The highest BCUT2D eigenvalue weighted by molar-refractivity contribution is 5.92. The summed E-state index contributed by atoms with van der Waals surface area (Å²) in [6, 6.07) is 9.75. The first-order valence-corrected chi connectivity index (χ1v) is 7.61. The molecule has 1 heterocycles. The van der Waals surface area contributed by atoms with Crippen molar-refractivity contribution in [3.05, 3.63) is 54.6 Å². The number of hydrogen-bond acceptors (Lipinski definition) is 2. The average molecular weight is 298 g/mol. The third kappa shape index (κ3) is 4.58. The van der Waals surface area contributed by atoms with Crippen molar-refractivity contribution >= 4 is 17.9 Å². The topological polar surface area (TPSA) is 49.4 Å². The van der Waals surface area contributed by atoms with Gasteiger partial charge in [0, 0.05) is 31.6 Å². The molecule has 1 fully saturated rings. The van der Waals surface area contributed by atoms with E-state index in [9.17, 15) is 9.59 Å². The summed E-state index contributed by atoms with van der Waals surface area (Å²) in [6.45, 7) is 5.34. The fourth-order valence-electron chi connectivity index (χ4n) is 2.52. The normalized spacial score (nSPS) is 15.7. The van der Waals surface area contributed by atoms with Crippen LogP contribution in [0.2, 0.25) is 0 Å². The number of carbonyl (C=O) groups is 2. The number of piperidine rings is 1. The first-order valence-electron chi connectivity index (χ1n) is 7.61. The fourth-order valence-corrected chi connectivity index (χ4v) is 2.52. The lowest BCUT2D eigenvalue weighted by molar-refractivity contribution is -0.132. The van der Waals surface area contributed by atoms with Crippen molar-refractivity contribution < 1.29 is 9.59 Å². The Bertz CT molecular complexity index is 543. The SMILES string of the molecule is C=CCNC(=O)C1CCN(C(=O)/C=C\c2ccccc2)CC1. The molecule has 116 valence electrons. The second-order valence-electron chi connectivity index (χ2n) is 5.38. The summed E-state index contributed by atoms with van der Waals surface area (Å²) in [4.78, 5) is 25.8. The smallest absolute Gasteiger partial charge is 0.246 e. The van der Waals surface area contributed by atoms with Gasteiger partial charge in [-0.05, 0) is 24.5 Å². The molecule has 0 bridgehead atoms. The molecule has 1 aromatic carbocycles. The number of amides is 2. The molecule has 0 atom stereocenters. The lowest BCUT2D eigenvalue weighted by Crippen LogP contribution is -2.42. The van der Waals surface area contributed by atoms with E-state index in [4.69, 9.17) is 0 Å². The van der Waals surface area contributed by atoms with E-state index in [1.807, 2.05) is 36.4 Å². The van der Waals surface area contributed by atoms with Gasteiger partial charge in [0.2, 0.25) is 11.8 Å². The van der Waals surface area contributed by atoms with E-state index in [-0.39, 0.29) is 17.7 Å². The molecule has 1 aliphatic heterocycles. The number of rotatable bonds is 5. The molecule has 22 heavy (non-hydrogen) atoms. The minimum atomic E-state index is 0.00195. The van der Waals surface area contributed by atoms with E-state index in [0.29, 0.717) is 32.5 Å². The van der Waals surface area contributed by atoms with Crippen LogP contribution in [0.3, 0.4) is 0 Å². The zero-order chi connectivity index (χ0) is 15.8. The van der Waals surface area contributed by atoms with Gasteiger partial charge >= 0.3 is 0 Å². The Morgan fingerprint density at radius 2 is 1.91 bits per heavy atom. The van der Waals surface area contributed by atoms with E-state index in [1.54, 1.807) is 17.1 Å². The van der Waals surface area contributed by atoms with Crippen LogP contribution in [0.1, 0.15) is 18.4 Å². The van der Waals surface area contributed by atoms with Crippen molar-refractivity contribution in [1.29, 1.82) is 0 Å². The summed E-state index contributed by atoms with van der Waals surface area (Å²) < 4.78 is 0. The van der Waals surface area contributed by atoms with E-state index in [1.165, 1.54) is 0 Å². The van der Waals surface area contributed by atoms with Crippen LogP contribution in [0, 0.1) is 5.92 Å². The van der Waals surface area contributed by atoms with Crippen molar-refractivity contribution in [2.75, 3.05) is 19.6 Å². The van der Waals surface area contributed by atoms with Gasteiger partial charge in [-0.15, -0.1) is 6.58 Å². The molecule has 0 unspecified atom stereocenters. The molecule has 0 spiro atoms. The van der Waals surface area contributed by atoms with Gasteiger partial charge in [0.05, 0.1) is 0 Å². The van der Waals surface area contributed by atoms with Gasteiger partial charge in [-0.25, -0.2) is 0 Å². The van der Waals surface area contributed by atoms with Gasteiger partial charge in [-0.2, -0.15) is 0 Å².